The van der Waals surface area contributed by atoms with Crippen molar-refractivity contribution in [3.8, 4) is 0 Å². The molecule has 0 rings (SSSR count). The molecule has 0 aromatic rings. The smallest absolute Gasteiger partial charge is 0.404 e. The maximum Gasteiger partial charge on any atom is 0.516 e. The Balaban J connectivity index is 5.02. The van der Waals surface area contributed by atoms with Gasteiger partial charge in [0, 0.05) is 0 Å². The maximum atomic E-state index is 12.7. The van der Waals surface area contributed by atoms with Gasteiger partial charge in [-0.3, -0.25) is 0 Å². The Hall–Kier alpha value is -1.55. The Bertz CT molecular complexity index is 332. The zero-order chi connectivity index (χ0) is 15.4. The first kappa shape index (κ1) is 17.4. The summed E-state index contributed by atoms with van der Waals surface area (Å²) in [4.78, 5) is 10.4. The summed E-state index contributed by atoms with van der Waals surface area (Å²) >= 11 is 0. The molecule has 0 aliphatic rings. The predicted octanol–water partition coefficient (Wildman–Crippen LogP) is 3.45. The SMILES string of the molecule is C=COC(=O)OC(F)C(F)(F)C(F)(F)C(F)C(F)F. The van der Waals surface area contributed by atoms with Gasteiger partial charge in [0.2, 0.25) is 6.17 Å². The molecule has 11 heteroatoms. The molecule has 0 saturated heterocycles. The third-order valence-corrected chi connectivity index (χ3v) is 1.68. The number of ether oxygens (including phenoxy) is 2. The fourth-order valence-electron chi connectivity index (χ4n) is 0.748. The Kier molecular flexibility index (Phi) is 5.57. The van der Waals surface area contributed by atoms with Gasteiger partial charge in [0.1, 0.15) is 0 Å². The Morgan fingerprint density at radius 2 is 1.53 bits per heavy atom. The molecule has 0 spiro atoms. The first-order chi connectivity index (χ1) is 8.48. The van der Waals surface area contributed by atoms with Crippen molar-refractivity contribution < 1.29 is 49.4 Å². The van der Waals surface area contributed by atoms with Crippen molar-refractivity contribution in [1.82, 2.24) is 0 Å². The van der Waals surface area contributed by atoms with Crippen molar-refractivity contribution in [1.29, 1.82) is 0 Å². The molecule has 0 aromatic carbocycles. The van der Waals surface area contributed by atoms with E-state index < -0.39 is 37.0 Å². The van der Waals surface area contributed by atoms with Gasteiger partial charge in [0.25, 0.3) is 6.43 Å². The van der Waals surface area contributed by atoms with Crippen LogP contribution in [0.15, 0.2) is 12.8 Å². The van der Waals surface area contributed by atoms with E-state index >= 15 is 0 Å². The van der Waals surface area contributed by atoms with E-state index in [1.54, 1.807) is 0 Å². The molecule has 0 bridgehead atoms. The topological polar surface area (TPSA) is 35.5 Å². The van der Waals surface area contributed by atoms with Gasteiger partial charge in [0.05, 0.1) is 6.26 Å². The van der Waals surface area contributed by atoms with Gasteiger partial charge in [-0.05, 0) is 0 Å². The molecule has 2 unspecified atom stereocenters. The van der Waals surface area contributed by atoms with Crippen molar-refractivity contribution in [3.63, 3.8) is 0 Å². The Labute approximate surface area is 100 Å². The van der Waals surface area contributed by atoms with Crippen LogP contribution in [0.1, 0.15) is 0 Å². The largest absolute Gasteiger partial charge is 0.516 e. The molecule has 19 heavy (non-hydrogen) atoms. The molecule has 112 valence electrons. The number of hydrogen-bond donors (Lipinski definition) is 0. The fourth-order valence-corrected chi connectivity index (χ4v) is 0.748. The van der Waals surface area contributed by atoms with Crippen molar-refractivity contribution in [2.45, 2.75) is 30.8 Å². The number of hydrogen-bond acceptors (Lipinski definition) is 3. The highest BCUT2D eigenvalue weighted by Crippen LogP contribution is 2.44. The quantitative estimate of drug-likeness (QED) is 0.428. The summed E-state index contributed by atoms with van der Waals surface area (Å²) < 4.78 is 106. The van der Waals surface area contributed by atoms with Crippen LogP contribution in [0.25, 0.3) is 0 Å². The summed E-state index contributed by atoms with van der Waals surface area (Å²) in [6.07, 6.45) is -15.4. The number of halogens is 8. The van der Waals surface area contributed by atoms with E-state index in [1.807, 2.05) is 0 Å². The van der Waals surface area contributed by atoms with Gasteiger partial charge < -0.3 is 9.47 Å². The molecule has 0 aliphatic carbocycles. The third-order valence-electron chi connectivity index (χ3n) is 1.68. The second-order valence-electron chi connectivity index (χ2n) is 2.95. The summed E-state index contributed by atoms with van der Waals surface area (Å²) in [5.74, 6) is -12.1. The van der Waals surface area contributed by atoms with Crippen molar-refractivity contribution >= 4 is 6.16 Å². The van der Waals surface area contributed by atoms with E-state index in [0.29, 0.717) is 6.26 Å². The lowest BCUT2D eigenvalue weighted by Gasteiger charge is -2.29. The third kappa shape index (κ3) is 3.70. The van der Waals surface area contributed by atoms with Gasteiger partial charge in [0.15, 0.2) is 0 Å². The summed E-state index contributed by atoms with van der Waals surface area (Å²) in [5, 5.41) is 0. The van der Waals surface area contributed by atoms with E-state index in [-0.39, 0.29) is 0 Å². The molecule has 3 nitrogen and oxygen atoms in total. The van der Waals surface area contributed by atoms with Crippen LogP contribution in [0.2, 0.25) is 0 Å². The molecular weight excluding hydrogens is 296 g/mol. The van der Waals surface area contributed by atoms with Crippen molar-refractivity contribution in [2.75, 3.05) is 0 Å². The minimum Gasteiger partial charge on any atom is -0.404 e. The number of alkyl halides is 8. The molecule has 0 heterocycles. The maximum absolute atomic E-state index is 12.7. The van der Waals surface area contributed by atoms with E-state index in [4.69, 9.17) is 0 Å². The number of carbonyl (C=O) groups excluding carboxylic acids is 1. The van der Waals surface area contributed by atoms with Crippen LogP contribution in [0.5, 0.6) is 0 Å². The summed E-state index contributed by atoms with van der Waals surface area (Å²) in [6, 6.07) is 0. The van der Waals surface area contributed by atoms with Gasteiger partial charge >= 0.3 is 24.4 Å². The average molecular weight is 302 g/mol. The molecular formula is C8H6F8O3. The summed E-state index contributed by atoms with van der Waals surface area (Å²) in [7, 11) is 0. The molecule has 0 saturated carbocycles. The van der Waals surface area contributed by atoms with E-state index in [0.717, 1.165) is 0 Å². The Morgan fingerprint density at radius 3 is 1.89 bits per heavy atom. The van der Waals surface area contributed by atoms with Crippen LogP contribution in [-0.2, 0) is 9.47 Å². The van der Waals surface area contributed by atoms with Gasteiger partial charge in [-0.2, -0.15) is 22.0 Å². The zero-order valence-corrected chi connectivity index (χ0v) is 8.76. The Morgan fingerprint density at radius 1 is 1.05 bits per heavy atom. The molecule has 0 radical (unpaired) electrons. The lowest BCUT2D eigenvalue weighted by Crippen LogP contribution is -2.56. The minimum atomic E-state index is -6.10. The molecule has 0 fully saturated rings. The molecule has 0 aromatic heterocycles. The van der Waals surface area contributed by atoms with E-state index in [2.05, 4.69) is 16.1 Å². The summed E-state index contributed by atoms with van der Waals surface area (Å²) in [5.41, 5.74) is 0. The lowest BCUT2D eigenvalue weighted by atomic mass is 10.1. The van der Waals surface area contributed by atoms with Crippen LogP contribution in [0, 0.1) is 0 Å². The minimum absolute atomic E-state index is 0.294. The highest BCUT2D eigenvalue weighted by Gasteiger charge is 2.70. The van der Waals surface area contributed by atoms with Crippen molar-refractivity contribution in [2.24, 2.45) is 0 Å². The lowest BCUT2D eigenvalue weighted by molar-refractivity contribution is -0.311. The number of rotatable bonds is 6. The van der Waals surface area contributed by atoms with Crippen LogP contribution < -0.4 is 0 Å². The second-order valence-corrected chi connectivity index (χ2v) is 2.95. The molecule has 0 aliphatic heterocycles. The van der Waals surface area contributed by atoms with Gasteiger partial charge in [-0.15, -0.1) is 0 Å². The second kappa shape index (κ2) is 6.06. The van der Waals surface area contributed by atoms with Gasteiger partial charge in [-0.1, -0.05) is 6.58 Å². The standard InChI is InChI=1S/C8H6F8O3/c1-2-18-6(17)19-5(12)8(15,16)7(13,14)3(9)4(10)11/h2-5H,1H2. The molecule has 2 atom stereocenters. The molecule has 0 amide bonds. The van der Waals surface area contributed by atoms with Crippen LogP contribution in [-0.4, -0.2) is 37.0 Å². The first-order valence-electron chi connectivity index (χ1n) is 4.28. The highest BCUT2D eigenvalue weighted by atomic mass is 19.3. The van der Waals surface area contributed by atoms with Crippen LogP contribution >= 0.6 is 0 Å². The van der Waals surface area contributed by atoms with Crippen LogP contribution in [0.3, 0.4) is 0 Å². The normalized spacial score (nSPS) is 15.8. The molecule has 0 N–H and O–H groups in total. The van der Waals surface area contributed by atoms with Crippen LogP contribution in [0.4, 0.5) is 39.9 Å². The van der Waals surface area contributed by atoms with Crippen molar-refractivity contribution in [3.05, 3.63) is 12.8 Å². The highest BCUT2D eigenvalue weighted by molar-refractivity contribution is 5.60. The summed E-state index contributed by atoms with van der Waals surface area (Å²) in [6.45, 7) is 2.73. The van der Waals surface area contributed by atoms with Gasteiger partial charge in [-0.25, -0.2) is 18.0 Å². The number of carbonyl (C=O) groups is 1. The zero-order valence-electron chi connectivity index (χ0n) is 8.76. The monoisotopic (exact) mass is 302 g/mol. The van der Waals surface area contributed by atoms with E-state index in [1.165, 1.54) is 0 Å². The fraction of sp³-hybridized carbons (Fsp3) is 0.625. The first-order valence-corrected chi connectivity index (χ1v) is 4.28. The van der Waals surface area contributed by atoms with E-state index in [9.17, 15) is 39.9 Å². The predicted molar refractivity (Wildman–Crippen MR) is 43.5 cm³/mol. The average Bonchev–Trinajstić information content (AvgIpc) is 2.27.